The lowest BCUT2D eigenvalue weighted by molar-refractivity contribution is -0.158. The largest absolute Gasteiger partial charge is 0.460 e. The highest BCUT2D eigenvalue weighted by molar-refractivity contribution is 5.84. The average Bonchev–Trinajstić information content (AvgIpc) is 2.84. The van der Waals surface area contributed by atoms with Gasteiger partial charge < -0.3 is 30.7 Å². The molecule has 0 unspecified atom stereocenters. The molecule has 0 aromatic carbocycles. The molecule has 11 nitrogen and oxygen atoms in total. The van der Waals surface area contributed by atoms with E-state index in [0.29, 0.717) is 25.9 Å². The van der Waals surface area contributed by atoms with Crippen LogP contribution in [0.4, 0.5) is 4.79 Å². The van der Waals surface area contributed by atoms with Gasteiger partial charge in [-0.05, 0) is 85.5 Å². The average molecular weight is 627 g/mol. The summed E-state index contributed by atoms with van der Waals surface area (Å²) in [6.07, 6.45) is 5.19. The second-order valence-corrected chi connectivity index (χ2v) is 14.8. The van der Waals surface area contributed by atoms with E-state index in [-0.39, 0.29) is 42.0 Å². The van der Waals surface area contributed by atoms with Crippen molar-refractivity contribution in [2.24, 2.45) is 11.3 Å². The smallest absolute Gasteiger partial charge is 0.329 e. The first kappa shape index (κ1) is 41.1. The van der Waals surface area contributed by atoms with Crippen LogP contribution >= 0.6 is 0 Å². The van der Waals surface area contributed by atoms with Crippen LogP contribution in [0.3, 0.4) is 0 Å². The summed E-state index contributed by atoms with van der Waals surface area (Å²) in [4.78, 5) is 61.9. The Morgan fingerprint density at radius 2 is 1.20 bits per heavy atom. The summed E-state index contributed by atoms with van der Waals surface area (Å²) >= 11 is 0. The van der Waals surface area contributed by atoms with Gasteiger partial charge in [0.15, 0.2) is 0 Å². The summed E-state index contributed by atoms with van der Waals surface area (Å²) in [6.45, 7) is 21.5. The first-order chi connectivity index (χ1) is 20.1. The molecule has 0 aliphatic rings. The van der Waals surface area contributed by atoms with Crippen molar-refractivity contribution in [2.75, 3.05) is 13.1 Å². The minimum Gasteiger partial charge on any atom is -0.460 e. The molecule has 256 valence electrons. The van der Waals surface area contributed by atoms with Crippen LogP contribution in [0.5, 0.6) is 0 Å². The Bertz CT molecular complexity index is 915. The summed E-state index contributed by atoms with van der Waals surface area (Å²) in [5, 5.41) is 11.5. The van der Waals surface area contributed by atoms with Gasteiger partial charge in [0.25, 0.3) is 0 Å². The lowest BCUT2D eigenvalue weighted by Gasteiger charge is -2.32. The van der Waals surface area contributed by atoms with Gasteiger partial charge >= 0.3 is 18.0 Å². The number of urea groups is 1. The van der Waals surface area contributed by atoms with Gasteiger partial charge in [-0.1, -0.05) is 41.0 Å². The highest BCUT2D eigenvalue weighted by Gasteiger charge is 2.31. The molecular weight excluding hydrogens is 564 g/mol. The first-order valence-electron chi connectivity index (χ1n) is 16.2. The van der Waals surface area contributed by atoms with Crippen molar-refractivity contribution in [3.8, 4) is 0 Å². The number of rotatable bonds is 18. The minimum absolute atomic E-state index is 0.0145. The number of hydrogen-bond acceptors (Lipinski definition) is 7. The van der Waals surface area contributed by atoms with Crippen LogP contribution in [-0.2, 0) is 28.7 Å². The summed E-state index contributed by atoms with van der Waals surface area (Å²) in [5.41, 5.74) is -1.66. The molecule has 11 heteroatoms. The van der Waals surface area contributed by atoms with Gasteiger partial charge in [-0.15, -0.1) is 0 Å². The van der Waals surface area contributed by atoms with Crippen molar-refractivity contribution < 1.29 is 33.4 Å². The van der Waals surface area contributed by atoms with E-state index in [4.69, 9.17) is 9.47 Å². The molecule has 4 amide bonds. The van der Waals surface area contributed by atoms with Crippen molar-refractivity contribution in [3.63, 3.8) is 0 Å². The maximum Gasteiger partial charge on any atom is 0.329 e. The molecule has 0 rings (SSSR count). The Morgan fingerprint density at radius 1 is 0.636 bits per heavy atom. The van der Waals surface area contributed by atoms with Crippen molar-refractivity contribution >= 4 is 29.8 Å². The van der Waals surface area contributed by atoms with Gasteiger partial charge in [-0.25, -0.2) is 9.59 Å². The zero-order chi connectivity index (χ0) is 34.1. The number of hydrogen-bond donors (Lipinski definition) is 4. The normalized spacial score (nSPS) is 13.5. The Labute approximate surface area is 266 Å². The quantitative estimate of drug-likeness (QED) is 0.121. The van der Waals surface area contributed by atoms with E-state index < -0.39 is 35.2 Å². The summed E-state index contributed by atoms with van der Waals surface area (Å²) in [7, 11) is 0. The zero-order valence-corrected chi connectivity index (χ0v) is 29.4. The van der Waals surface area contributed by atoms with E-state index in [2.05, 4.69) is 21.3 Å². The van der Waals surface area contributed by atoms with Gasteiger partial charge in [0.1, 0.15) is 17.2 Å². The lowest BCUT2D eigenvalue weighted by atomic mass is 9.84. The van der Waals surface area contributed by atoms with Gasteiger partial charge in [0, 0.05) is 37.9 Å². The molecule has 0 fully saturated rings. The Morgan fingerprint density at radius 3 is 1.75 bits per heavy atom. The topological polar surface area (TPSA) is 152 Å². The second kappa shape index (κ2) is 19.5. The Kier molecular flexibility index (Phi) is 18.3. The fourth-order valence-electron chi connectivity index (χ4n) is 4.15. The predicted molar refractivity (Wildman–Crippen MR) is 173 cm³/mol. The van der Waals surface area contributed by atoms with Crippen LogP contribution in [0.2, 0.25) is 0 Å². The van der Waals surface area contributed by atoms with Crippen LogP contribution in [0.25, 0.3) is 0 Å². The molecule has 4 N–H and O–H groups in total. The van der Waals surface area contributed by atoms with E-state index in [1.165, 1.54) is 0 Å². The molecule has 0 aliphatic heterocycles. The molecule has 0 heterocycles. The Balaban J connectivity index is 4.75. The highest BCUT2D eigenvalue weighted by atomic mass is 16.6. The molecule has 0 bridgehead atoms. The number of unbranched alkanes of at least 4 members (excludes halogenated alkanes) is 3. The van der Waals surface area contributed by atoms with E-state index in [1.54, 1.807) is 41.5 Å². The second-order valence-electron chi connectivity index (χ2n) is 14.8. The third kappa shape index (κ3) is 21.8. The molecular formula is C33H62N4O7. The molecule has 0 saturated heterocycles. The van der Waals surface area contributed by atoms with E-state index in [1.807, 2.05) is 34.6 Å². The maximum atomic E-state index is 13.0. The third-order valence-electron chi connectivity index (χ3n) is 6.55. The third-order valence-corrected chi connectivity index (χ3v) is 6.55. The molecule has 0 spiro atoms. The number of ether oxygens (including phenoxy) is 2. The van der Waals surface area contributed by atoms with Crippen LogP contribution in [-0.4, -0.2) is 66.2 Å². The number of esters is 2. The number of carbonyl (C=O) groups excluding carboxylic acids is 5. The van der Waals surface area contributed by atoms with Crippen molar-refractivity contribution in [1.29, 1.82) is 0 Å². The van der Waals surface area contributed by atoms with Gasteiger partial charge in [-0.2, -0.15) is 0 Å². The summed E-state index contributed by atoms with van der Waals surface area (Å²) in [5.74, 6) is -1.03. The van der Waals surface area contributed by atoms with Crippen molar-refractivity contribution in [3.05, 3.63) is 0 Å². The van der Waals surface area contributed by atoms with Crippen LogP contribution in [0.1, 0.15) is 134 Å². The first-order valence-corrected chi connectivity index (χ1v) is 16.2. The molecule has 2 atom stereocenters. The SMILES string of the molecule is CC(C)C(=O)NCCCCCC(=O)NCCCC[C@H](NC(=O)N[C@@H](CCC(=O)OC(C)(C)C)C(=O)OC(C)(C)C)C(C)(C)C. The summed E-state index contributed by atoms with van der Waals surface area (Å²) in [6, 6.07) is -1.72. The lowest BCUT2D eigenvalue weighted by Crippen LogP contribution is -2.53. The van der Waals surface area contributed by atoms with Crippen molar-refractivity contribution in [2.45, 2.75) is 157 Å². The van der Waals surface area contributed by atoms with E-state index in [9.17, 15) is 24.0 Å². The van der Waals surface area contributed by atoms with Crippen molar-refractivity contribution in [1.82, 2.24) is 21.3 Å². The molecule has 0 aliphatic carbocycles. The molecule has 0 aromatic rings. The zero-order valence-electron chi connectivity index (χ0n) is 29.4. The number of amides is 4. The fourth-order valence-corrected chi connectivity index (χ4v) is 4.15. The van der Waals surface area contributed by atoms with Gasteiger partial charge in [0.2, 0.25) is 11.8 Å². The van der Waals surface area contributed by atoms with E-state index >= 15 is 0 Å². The standard InChI is InChI=1S/C33H62N4O7/c1-23(2)28(40)35-22-15-12-13-18-26(38)34-21-16-14-17-25(31(3,4)5)37-30(42)36-24(29(41)44-33(9,10)11)19-20-27(39)43-32(6,7)8/h23-25H,12-22H2,1-11H3,(H,34,38)(H,35,40)(H2,36,37,42)/t24-,25-/m0/s1. The van der Waals surface area contributed by atoms with Crippen LogP contribution in [0, 0.1) is 11.3 Å². The number of carbonyl (C=O) groups is 5. The van der Waals surface area contributed by atoms with E-state index in [0.717, 1.165) is 32.1 Å². The van der Waals surface area contributed by atoms with Gasteiger partial charge in [-0.3, -0.25) is 14.4 Å². The highest BCUT2D eigenvalue weighted by Crippen LogP contribution is 2.23. The number of nitrogens with one attached hydrogen (secondary N) is 4. The molecule has 44 heavy (non-hydrogen) atoms. The summed E-state index contributed by atoms with van der Waals surface area (Å²) < 4.78 is 10.8. The van der Waals surface area contributed by atoms with Gasteiger partial charge in [0.05, 0.1) is 0 Å². The minimum atomic E-state index is -1.02. The monoisotopic (exact) mass is 626 g/mol. The molecule has 0 radical (unpaired) electrons. The Hall–Kier alpha value is -2.85. The van der Waals surface area contributed by atoms with Crippen LogP contribution in [0.15, 0.2) is 0 Å². The predicted octanol–water partition coefficient (Wildman–Crippen LogP) is 5.15. The molecule has 0 saturated carbocycles. The fraction of sp³-hybridized carbons (Fsp3) is 0.848. The maximum absolute atomic E-state index is 13.0. The molecule has 0 aromatic heterocycles. The van der Waals surface area contributed by atoms with Crippen LogP contribution < -0.4 is 21.3 Å².